The first-order chi connectivity index (χ1) is 13.5. The van der Waals surface area contributed by atoms with Crippen molar-refractivity contribution in [2.75, 3.05) is 0 Å². The van der Waals surface area contributed by atoms with E-state index in [4.69, 9.17) is 0 Å². The summed E-state index contributed by atoms with van der Waals surface area (Å²) in [4.78, 5) is 11.4. The zero-order valence-corrected chi connectivity index (χ0v) is 14.6. The summed E-state index contributed by atoms with van der Waals surface area (Å²) in [5.74, 6) is -40.3. The van der Waals surface area contributed by atoms with Crippen LogP contribution in [0.25, 0.3) is 0 Å². The highest BCUT2D eigenvalue weighted by Gasteiger charge is 3.22. The van der Waals surface area contributed by atoms with E-state index < -0.39 is 70.3 Å². The molecular formula is C15H8F14O2. The maximum absolute atomic E-state index is 15.5. The predicted molar refractivity (Wildman–Crippen MR) is 69.4 cm³/mol. The van der Waals surface area contributed by atoms with Crippen molar-refractivity contribution < 1.29 is 71.0 Å². The van der Waals surface area contributed by atoms with Crippen LogP contribution in [0, 0.1) is 0 Å². The van der Waals surface area contributed by atoms with Gasteiger partial charge in [0.15, 0.2) is 0 Å². The molecule has 4 saturated carbocycles. The highest BCUT2D eigenvalue weighted by molar-refractivity contribution is 5.82. The minimum absolute atomic E-state index is 0.00639. The average Bonchev–Trinajstić information content (AvgIpc) is 2.65. The maximum atomic E-state index is 15.5. The molecule has 4 bridgehead atoms. The number of carbonyl (C=O) groups is 1. The SMILES string of the molecule is C=CC(=O)OC1(CC)C2(F)C(F)(F)C3(F)C(F)(F)C(F)(C2(F)F)C(F)(F)C1(F)C3(F)F. The lowest BCUT2D eigenvalue weighted by Gasteiger charge is -2.76. The van der Waals surface area contributed by atoms with Gasteiger partial charge in [0.1, 0.15) is 0 Å². The van der Waals surface area contributed by atoms with Crippen molar-refractivity contribution in [1.82, 2.24) is 0 Å². The van der Waals surface area contributed by atoms with Gasteiger partial charge in [-0.15, -0.1) is 0 Å². The van der Waals surface area contributed by atoms with Gasteiger partial charge in [-0.05, 0) is 6.42 Å². The van der Waals surface area contributed by atoms with Crippen LogP contribution in [0.2, 0.25) is 0 Å². The smallest absolute Gasteiger partial charge is 0.339 e. The molecule has 0 aliphatic heterocycles. The zero-order chi connectivity index (χ0) is 24.7. The predicted octanol–water partition coefficient (Wildman–Crippen LogP) is 4.91. The Labute approximate surface area is 162 Å². The van der Waals surface area contributed by atoms with Crippen LogP contribution in [0.5, 0.6) is 0 Å². The second kappa shape index (κ2) is 5.07. The molecule has 0 aromatic heterocycles. The third-order valence-electron chi connectivity index (χ3n) is 6.38. The number of hydrogen-bond donors (Lipinski definition) is 0. The summed E-state index contributed by atoms with van der Waals surface area (Å²) in [6, 6.07) is 0. The fraction of sp³-hybridized carbons (Fsp3) is 0.800. The molecule has 0 unspecified atom stereocenters. The Kier molecular flexibility index (Phi) is 3.91. The van der Waals surface area contributed by atoms with Crippen molar-refractivity contribution in [2.24, 2.45) is 0 Å². The monoisotopic (exact) mass is 486 g/mol. The standard InChI is InChI=1S/C15H8F14O2/c1-3-5(30)31-6(4-2)7(16)11(20,21)9(18)13(24,25)8(6,17)14(26,27)10(19,12(7,22)23)15(9,28)29/h3H,1,4H2,2H3. The minimum atomic E-state index is -7.76. The van der Waals surface area contributed by atoms with E-state index in [1.165, 1.54) is 0 Å². The lowest BCUT2D eigenvalue weighted by molar-refractivity contribution is -0.600. The Morgan fingerprint density at radius 2 is 0.903 bits per heavy atom. The van der Waals surface area contributed by atoms with Crippen molar-refractivity contribution >= 4 is 5.97 Å². The number of halogens is 14. The summed E-state index contributed by atoms with van der Waals surface area (Å²) < 4.78 is 209. The molecule has 16 heteroatoms. The van der Waals surface area contributed by atoms with E-state index in [0.717, 1.165) is 0 Å². The largest absolute Gasteiger partial charge is 0.448 e. The third-order valence-corrected chi connectivity index (χ3v) is 6.38. The molecule has 0 N–H and O–H groups in total. The van der Waals surface area contributed by atoms with E-state index in [-0.39, 0.29) is 13.0 Å². The van der Waals surface area contributed by atoms with E-state index in [0.29, 0.717) is 0 Å². The van der Waals surface area contributed by atoms with Crippen LogP contribution in [-0.2, 0) is 9.53 Å². The molecule has 0 spiro atoms. The van der Waals surface area contributed by atoms with Crippen LogP contribution in [0.1, 0.15) is 13.3 Å². The molecule has 4 fully saturated rings. The summed E-state index contributed by atoms with van der Waals surface area (Å²) in [5.41, 5.74) is -34.9. The Bertz CT molecular complexity index is 791. The summed E-state index contributed by atoms with van der Waals surface area (Å²) >= 11 is 0. The molecule has 0 saturated heterocycles. The molecule has 0 heterocycles. The summed E-state index contributed by atoms with van der Waals surface area (Å²) in [7, 11) is 0. The Morgan fingerprint density at radius 3 is 1.13 bits per heavy atom. The Morgan fingerprint density at radius 1 is 0.645 bits per heavy atom. The molecule has 178 valence electrons. The number of esters is 1. The van der Waals surface area contributed by atoms with Crippen LogP contribution in [-0.4, -0.2) is 63.9 Å². The normalized spacial score (nSPS) is 49.5. The average molecular weight is 486 g/mol. The lowest BCUT2D eigenvalue weighted by atomic mass is 9.37. The topological polar surface area (TPSA) is 26.3 Å². The van der Waals surface area contributed by atoms with Crippen molar-refractivity contribution in [3.05, 3.63) is 12.7 Å². The third kappa shape index (κ3) is 1.44. The second-order valence-electron chi connectivity index (χ2n) is 7.31. The van der Waals surface area contributed by atoms with Gasteiger partial charge in [-0.2, -0.15) is 43.9 Å². The van der Waals surface area contributed by atoms with Gasteiger partial charge in [0.25, 0.3) is 11.3 Å². The number of hydrogen-bond acceptors (Lipinski definition) is 2. The number of alkyl halides is 14. The van der Waals surface area contributed by atoms with Crippen molar-refractivity contribution in [1.29, 1.82) is 0 Å². The quantitative estimate of drug-likeness (QED) is 0.322. The highest BCUT2D eigenvalue weighted by atomic mass is 19.3. The van der Waals surface area contributed by atoms with Crippen LogP contribution in [0.3, 0.4) is 0 Å². The van der Waals surface area contributed by atoms with E-state index in [2.05, 4.69) is 11.3 Å². The molecule has 4 aliphatic rings. The fourth-order valence-corrected chi connectivity index (χ4v) is 4.93. The first kappa shape index (κ1) is 23.9. The second-order valence-corrected chi connectivity index (χ2v) is 7.31. The molecule has 0 atom stereocenters. The van der Waals surface area contributed by atoms with Crippen molar-refractivity contribution in [3.63, 3.8) is 0 Å². The molecule has 31 heavy (non-hydrogen) atoms. The number of carbonyl (C=O) groups excluding carboxylic acids is 1. The van der Waals surface area contributed by atoms with E-state index in [1.807, 2.05) is 0 Å². The Balaban J connectivity index is 2.72. The van der Waals surface area contributed by atoms with Gasteiger partial charge in [0, 0.05) is 6.08 Å². The molecule has 4 aliphatic carbocycles. The Hall–Kier alpha value is -1.77. The number of ether oxygens (including phenoxy) is 1. The van der Waals surface area contributed by atoms with Crippen LogP contribution >= 0.6 is 0 Å². The summed E-state index contributed by atoms with van der Waals surface area (Å²) in [6.45, 7) is 2.51. The van der Waals surface area contributed by atoms with Gasteiger partial charge < -0.3 is 4.74 Å². The van der Waals surface area contributed by atoms with E-state index >= 15 is 8.78 Å². The first-order valence-corrected chi connectivity index (χ1v) is 8.02. The van der Waals surface area contributed by atoms with Crippen LogP contribution < -0.4 is 0 Å². The minimum Gasteiger partial charge on any atom is -0.448 e. The molecule has 0 aromatic rings. The molecule has 0 amide bonds. The van der Waals surface area contributed by atoms with Crippen molar-refractivity contribution in [3.8, 4) is 0 Å². The van der Waals surface area contributed by atoms with Gasteiger partial charge in [-0.3, -0.25) is 0 Å². The lowest BCUT2D eigenvalue weighted by Crippen LogP contribution is -3.10. The van der Waals surface area contributed by atoms with E-state index in [9.17, 15) is 57.5 Å². The molecule has 2 nitrogen and oxygen atoms in total. The highest BCUT2D eigenvalue weighted by Crippen LogP contribution is 2.88. The zero-order valence-electron chi connectivity index (χ0n) is 14.6. The van der Waals surface area contributed by atoms with Gasteiger partial charge in [-0.25, -0.2) is 22.4 Å². The first-order valence-electron chi connectivity index (χ1n) is 8.02. The van der Waals surface area contributed by atoms with Crippen LogP contribution in [0.4, 0.5) is 61.5 Å². The van der Waals surface area contributed by atoms with Crippen LogP contribution in [0.15, 0.2) is 12.7 Å². The molecule has 4 rings (SSSR count). The van der Waals surface area contributed by atoms with E-state index in [1.54, 1.807) is 0 Å². The molecule has 0 aromatic carbocycles. The summed E-state index contributed by atoms with van der Waals surface area (Å²) in [6.07, 6.45) is -2.74. The van der Waals surface area contributed by atoms with Gasteiger partial charge >= 0.3 is 46.9 Å². The number of rotatable bonds is 3. The maximum Gasteiger partial charge on any atom is 0.339 e. The van der Waals surface area contributed by atoms with Gasteiger partial charge in [-0.1, -0.05) is 13.5 Å². The van der Waals surface area contributed by atoms with Crippen molar-refractivity contribution in [2.45, 2.75) is 71.2 Å². The molecular weight excluding hydrogens is 478 g/mol. The summed E-state index contributed by atoms with van der Waals surface area (Å²) in [5, 5.41) is 0. The van der Waals surface area contributed by atoms with Gasteiger partial charge in [0.2, 0.25) is 5.60 Å². The fourth-order valence-electron chi connectivity index (χ4n) is 4.93. The molecule has 0 radical (unpaired) electrons. The van der Waals surface area contributed by atoms with Gasteiger partial charge in [0.05, 0.1) is 0 Å².